The minimum absolute atomic E-state index is 0.0816. The summed E-state index contributed by atoms with van der Waals surface area (Å²) in [7, 11) is 0. The van der Waals surface area contributed by atoms with E-state index in [0.29, 0.717) is 62.9 Å². The average molecular weight is 543 g/mol. The van der Waals surface area contributed by atoms with Crippen LogP contribution >= 0.6 is 0 Å². The fraction of sp³-hybridized carbons (Fsp3) is 0.393. The van der Waals surface area contributed by atoms with E-state index < -0.39 is 35.1 Å². The number of aryl methyl sites for hydroxylation is 1. The molecule has 1 aromatic heterocycles. The lowest BCUT2D eigenvalue weighted by molar-refractivity contribution is -0.000949. The lowest BCUT2D eigenvalue weighted by Gasteiger charge is -2.37. The van der Waals surface area contributed by atoms with E-state index in [1.807, 2.05) is 13.1 Å². The molecule has 0 unspecified atom stereocenters. The van der Waals surface area contributed by atoms with Gasteiger partial charge in [0.1, 0.15) is 11.4 Å². The summed E-state index contributed by atoms with van der Waals surface area (Å²) in [6.45, 7) is 4.64. The molecule has 0 bridgehead atoms. The summed E-state index contributed by atoms with van der Waals surface area (Å²) in [6, 6.07) is 7.47. The van der Waals surface area contributed by atoms with E-state index in [1.54, 1.807) is 16.8 Å². The first-order valence-corrected chi connectivity index (χ1v) is 13.0. The number of benzene rings is 2. The number of aromatic nitrogens is 2. The molecule has 206 valence electrons. The Morgan fingerprint density at radius 1 is 1.08 bits per heavy atom. The second-order valence-corrected chi connectivity index (χ2v) is 10.1. The molecule has 39 heavy (non-hydrogen) atoms. The van der Waals surface area contributed by atoms with E-state index in [9.17, 15) is 22.8 Å². The lowest BCUT2D eigenvalue weighted by atomic mass is 9.91. The number of amides is 1. The van der Waals surface area contributed by atoms with Gasteiger partial charge in [-0.3, -0.25) is 14.5 Å². The van der Waals surface area contributed by atoms with Crippen LogP contribution in [-0.4, -0.2) is 57.1 Å². The molecule has 2 saturated heterocycles. The maximum Gasteiger partial charge on any atom is 0.415 e. The number of aromatic carboxylic acids is 1. The zero-order valence-corrected chi connectivity index (χ0v) is 21.5. The molecule has 1 amide bonds. The summed E-state index contributed by atoms with van der Waals surface area (Å²) in [4.78, 5) is 27.5. The van der Waals surface area contributed by atoms with Gasteiger partial charge in [-0.25, -0.2) is 22.8 Å². The predicted molar refractivity (Wildman–Crippen MR) is 137 cm³/mol. The fourth-order valence-electron chi connectivity index (χ4n) is 5.17. The van der Waals surface area contributed by atoms with Gasteiger partial charge in [0, 0.05) is 68.1 Å². The second kappa shape index (κ2) is 10.7. The number of carbonyl (C=O) groups is 2. The van der Waals surface area contributed by atoms with Gasteiger partial charge in [0.05, 0.1) is 17.8 Å². The number of nitrogens with zero attached hydrogens (tertiary/aromatic N) is 4. The van der Waals surface area contributed by atoms with Gasteiger partial charge in [-0.15, -0.1) is 0 Å². The molecule has 2 aromatic carbocycles. The number of carboxylic acid groups (broad SMARTS) is 1. The van der Waals surface area contributed by atoms with Gasteiger partial charge >= 0.3 is 12.1 Å². The largest absolute Gasteiger partial charge is 0.478 e. The van der Waals surface area contributed by atoms with Crippen LogP contribution in [0.25, 0.3) is 11.3 Å². The van der Waals surface area contributed by atoms with Gasteiger partial charge in [0.25, 0.3) is 0 Å². The zero-order valence-electron chi connectivity index (χ0n) is 21.5. The van der Waals surface area contributed by atoms with Crippen LogP contribution in [0.5, 0.6) is 0 Å². The number of anilines is 1. The van der Waals surface area contributed by atoms with Crippen LogP contribution in [0.15, 0.2) is 42.6 Å². The lowest BCUT2D eigenvalue weighted by Crippen LogP contribution is -2.46. The number of carbonyl (C=O) groups excluding carboxylic acids is 1. The van der Waals surface area contributed by atoms with Gasteiger partial charge in [0.15, 0.2) is 11.6 Å². The van der Waals surface area contributed by atoms with Crippen molar-refractivity contribution in [2.75, 3.05) is 24.5 Å². The van der Waals surface area contributed by atoms with Gasteiger partial charge in [-0.1, -0.05) is 13.3 Å². The summed E-state index contributed by atoms with van der Waals surface area (Å²) in [5.41, 5.74) is 0.944. The van der Waals surface area contributed by atoms with Crippen molar-refractivity contribution >= 4 is 17.7 Å². The number of hydrogen-bond acceptors (Lipinski definition) is 5. The monoisotopic (exact) mass is 542 g/mol. The van der Waals surface area contributed by atoms with Gasteiger partial charge in [-0.05, 0) is 36.8 Å². The smallest absolute Gasteiger partial charge is 0.415 e. The first kappa shape index (κ1) is 26.7. The first-order chi connectivity index (χ1) is 18.7. The minimum Gasteiger partial charge on any atom is -0.478 e. The maximum atomic E-state index is 14.7. The molecule has 3 heterocycles. The molecule has 0 saturated carbocycles. The molecule has 0 radical (unpaired) electrons. The van der Waals surface area contributed by atoms with Crippen LogP contribution in [0.4, 0.5) is 23.7 Å². The molecular formula is C28H29F3N4O4. The summed E-state index contributed by atoms with van der Waals surface area (Å²) < 4.78 is 49.8. The number of unbranched alkanes of at least 4 members (excludes halogenated alkanes) is 1. The van der Waals surface area contributed by atoms with Crippen molar-refractivity contribution in [3.8, 4) is 11.3 Å². The molecule has 2 fully saturated rings. The molecule has 0 aliphatic carbocycles. The van der Waals surface area contributed by atoms with Crippen LogP contribution in [0, 0.1) is 17.5 Å². The Morgan fingerprint density at radius 3 is 2.44 bits per heavy atom. The third kappa shape index (κ3) is 5.49. The Morgan fingerprint density at radius 2 is 1.77 bits per heavy atom. The molecule has 1 N–H and O–H groups in total. The normalized spacial score (nSPS) is 17.1. The molecule has 5 rings (SSSR count). The van der Waals surface area contributed by atoms with Crippen LogP contribution in [0.3, 0.4) is 0 Å². The van der Waals surface area contributed by atoms with Crippen LogP contribution < -0.4 is 4.90 Å². The highest BCUT2D eigenvalue weighted by atomic mass is 19.2. The number of rotatable bonds is 8. The number of likely N-dealkylation sites (tertiary alicyclic amines) is 1. The third-order valence-electron chi connectivity index (χ3n) is 7.40. The second-order valence-electron chi connectivity index (χ2n) is 10.1. The molecule has 1 spiro atoms. The highest BCUT2D eigenvalue weighted by Crippen LogP contribution is 2.37. The summed E-state index contributed by atoms with van der Waals surface area (Å²) >= 11 is 0. The first-order valence-electron chi connectivity index (χ1n) is 13.0. The van der Waals surface area contributed by atoms with Crippen molar-refractivity contribution in [3.63, 3.8) is 0 Å². The van der Waals surface area contributed by atoms with E-state index in [0.717, 1.165) is 18.9 Å². The molecule has 11 heteroatoms. The quantitative estimate of drug-likeness (QED) is 0.381. The van der Waals surface area contributed by atoms with Crippen molar-refractivity contribution in [3.05, 3.63) is 71.2 Å². The Balaban J connectivity index is 1.29. The van der Waals surface area contributed by atoms with Gasteiger partial charge in [-0.2, -0.15) is 5.10 Å². The van der Waals surface area contributed by atoms with Crippen LogP contribution in [0.1, 0.15) is 48.5 Å². The molecule has 2 aliphatic rings. The van der Waals surface area contributed by atoms with Crippen LogP contribution in [0.2, 0.25) is 0 Å². The van der Waals surface area contributed by atoms with E-state index in [1.165, 1.54) is 17.0 Å². The van der Waals surface area contributed by atoms with Crippen LogP contribution in [-0.2, 0) is 17.8 Å². The highest BCUT2D eigenvalue weighted by molar-refractivity contribution is 5.92. The Bertz CT molecular complexity index is 1380. The highest BCUT2D eigenvalue weighted by Gasteiger charge is 2.47. The molecule has 0 atom stereocenters. The topological polar surface area (TPSA) is 87.9 Å². The molecule has 2 aliphatic heterocycles. The van der Waals surface area contributed by atoms with Crippen molar-refractivity contribution in [2.24, 2.45) is 0 Å². The number of ether oxygens (including phenoxy) is 1. The third-order valence-corrected chi connectivity index (χ3v) is 7.40. The summed E-state index contributed by atoms with van der Waals surface area (Å²) in [6.07, 6.45) is 4.31. The average Bonchev–Trinajstić information content (AvgIpc) is 3.46. The zero-order chi connectivity index (χ0) is 27.7. The predicted octanol–water partition coefficient (Wildman–Crippen LogP) is 5.46. The Hall–Kier alpha value is -3.86. The van der Waals surface area contributed by atoms with Crippen molar-refractivity contribution < 1.29 is 32.6 Å². The molecular weight excluding hydrogens is 513 g/mol. The SMILES string of the molecule is CCCCn1cc(CN2CCC3(CC2)CN(c2ccc(C(=O)O)cc2)C(=O)O3)c(-c2cc(F)c(F)cc2F)n1. The van der Waals surface area contributed by atoms with E-state index in [-0.39, 0.29) is 16.8 Å². The van der Waals surface area contributed by atoms with Gasteiger partial charge in [0.2, 0.25) is 0 Å². The van der Waals surface area contributed by atoms with Crippen molar-refractivity contribution in [2.45, 2.75) is 51.3 Å². The number of hydrogen-bond donors (Lipinski definition) is 1. The number of piperidine rings is 1. The number of carboxylic acids is 1. The summed E-state index contributed by atoms with van der Waals surface area (Å²) in [5, 5.41) is 13.6. The molecule has 8 nitrogen and oxygen atoms in total. The minimum atomic E-state index is -1.25. The van der Waals surface area contributed by atoms with E-state index >= 15 is 0 Å². The van der Waals surface area contributed by atoms with Crippen molar-refractivity contribution in [1.29, 1.82) is 0 Å². The fourth-order valence-corrected chi connectivity index (χ4v) is 5.17. The van der Waals surface area contributed by atoms with E-state index in [4.69, 9.17) is 9.84 Å². The maximum absolute atomic E-state index is 14.7. The van der Waals surface area contributed by atoms with Crippen molar-refractivity contribution in [1.82, 2.24) is 14.7 Å². The van der Waals surface area contributed by atoms with E-state index in [2.05, 4.69) is 10.00 Å². The standard InChI is InChI=1S/C28H29F3N4O4/c1-2-3-10-34-16-19(25(32-34)21-13-23(30)24(31)14-22(21)29)15-33-11-8-28(9-12-33)17-35(27(38)39-28)20-6-4-18(5-7-20)26(36)37/h4-7,13-14,16H,2-3,8-12,15,17H2,1H3,(H,36,37). The van der Waals surface area contributed by atoms with Gasteiger partial charge < -0.3 is 9.84 Å². The Labute approximate surface area is 223 Å². The summed E-state index contributed by atoms with van der Waals surface area (Å²) in [5.74, 6) is -4.29. The molecule has 3 aromatic rings. The Kier molecular flexibility index (Phi) is 7.35. The number of halogens is 3.